The zero-order chi connectivity index (χ0) is 23.9. The van der Waals surface area contributed by atoms with Gasteiger partial charge in [-0.3, -0.25) is 9.59 Å². The second-order valence-corrected chi connectivity index (χ2v) is 7.90. The van der Waals surface area contributed by atoms with E-state index in [-0.39, 0.29) is 0 Å². The van der Waals surface area contributed by atoms with Gasteiger partial charge in [-0.2, -0.15) is 0 Å². The van der Waals surface area contributed by atoms with Gasteiger partial charge in [0, 0.05) is 30.7 Å². The summed E-state index contributed by atoms with van der Waals surface area (Å²) in [5, 5.41) is 0.596. The molecule has 0 aliphatic rings. The molecule has 1 N–H and O–H groups in total. The molecule has 174 valence electrons. The number of likely N-dealkylation sites (N-methyl/N-ethyl adjacent to an activating group) is 1. The molecule has 0 aliphatic heterocycles. The summed E-state index contributed by atoms with van der Waals surface area (Å²) in [7, 11) is 0. The summed E-state index contributed by atoms with van der Waals surface area (Å²) >= 11 is 0. The Kier molecular flexibility index (Phi) is 7.28. The Morgan fingerprint density at radius 1 is 0.824 bits per heavy atom. The Labute approximate surface area is 199 Å². The highest BCUT2D eigenvalue weighted by Crippen LogP contribution is 2.34. The number of aromatic nitrogens is 1. The summed E-state index contributed by atoms with van der Waals surface area (Å²) < 4.78 is 12.2. The summed E-state index contributed by atoms with van der Waals surface area (Å²) in [6.45, 7) is 5.39. The van der Waals surface area contributed by atoms with E-state index in [0.29, 0.717) is 54.3 Å². The molecule has 6 heteroatoms. The molecule has 0 radical (unpaired) electrons. The molecular formula is C28H28N2O4. The lowest BCUT2D eigenvalue weighted by atomic mass is 10.1. The number of H-pyrrole nitrogens is 1. The number of carbonyl (C=O) groups is 2. The third-order valence-corrected chi connectivity index (χ3v) is 5.70. The van der Waals surface area contributed by atoms with Gasteiger partial charge in [-0.05, 0) is 31.0 Å². The molecule has 0 unspecified atom stereocenters. The number of amides is 1. The van der Waals surface area contributed by atoms with Crippen molar-refractivity contribution in [3.63, 3.8) is 0 Å². The van der Waals surface area contributed by atoms with Gasteiger partial charge in [-0.15, -0.1) is 0 Å². The van der Waals surface area contributed by atoms with Crippen LogP contribution < -0.4 is 9.47 Å². The van der Waals surface area contributed by atoms with Gasteiger partial charge in [0.15, 0.2) is 0 Å². The van der Waals surface area contributed by atoms with Crippen LogP contribution in [0.3, 0.4) is 0 Å². The van der Waals surface area contributed by atoms with E-state index in [1.165, 1.54) is 4.90 Å². The predicted octanol–water partition coefficient (Wildman–Crippen LogP) is 5.38. The van der Waals surface area contributed by atoms with Gasteiger partial charge in [0.1, 0.15) is 24.7 Å². The minimum Gasteiger partial charge on any atom is -0.489 e. The molecule has 4 rings (SSSR count). The van der Waals surface area contributed by atoms with E-state index in [2.05, 4.69) is 4.98 Å². The van der Waals surface area contributed by atoms with Crippen molar-refractivity contribution in [2.75, 3.05) is 13.1 Å². The van der Waals surface area contributed by atoms with Gasteiger partial charge >= 0.3 is 0 Å². The maximum atomic E-state index is 13.1. The quantitative estimate of drug-likeness (QED) is 0.257. The summed E-state index contributed by atoms with van der Waals surface area (Å²) in [6, 6.07) is 23.3. The SMILES string of the molecule is CCN(CC)C(=O)C(=O)c1c[nH]c2c(OCc3ccccc3)cc(OCc3ccccc3)cc12. The van der Waals surface area contributed by atoms with Crippen molar-refractivity contribution in [3.8, 4) is 11.5 Å². The van der Waals surface area contributed by atoms with Crippen molar-refractivity contribution >= 4 is 22.6 Å². The molecule has 1 amide bonds. The average molecular weight is 457 g/mol. The predicted molar refractivity (Wildman–Crippen MR) is 132 cm³/mol. The molecule has 0 spiro atoms. The van der Waals surface area contributed by atoms with Crippen LogP contribution in [-0.2, 0) is 18.0 Å². The fourth-order valence-corrected chi connectivity index (χ4v) is 3.80. The van der Waals surface area contributed by atoms with E-state index in [4.69, 9.17) is 9.47 Å². The first-order chi connectivity index (χ1) is 16.6. The molecule has 1 aromatic heterocycles. The van der Waals surface area contributed by atoms with Gasteiger partial charge in [-0.25, -0.2) is 0 Å². The number of ether oxygens (including phenoxy) is 2. The average Bonchev–Trinajstić information content (AvgIpc) is 3.31. The van der Waals surface area contributed by atoms with Crippen LogP contribution in [0, 0.1) is 0 Å². The van der Waals surface area contributed by atoms with Gasteiger partial charge in [0.25, 0.3) is 11.7 Å². The fourth-order valence-electron chi connectivity index (χ4n) is 3.80. The van der Waals surface area contributed by atoms with Gasteiger partial charge in [0.2, 0.25) is 0 Å². The maximum Gasteiger partial charge on any atom is 0.295 e. The lowest BCUT2D eigenvalue weighted by Gasteiger charge is -2.17. The Hall–Kier alpha value is -4.06. The number of Topliss-reactive ketones (excluding diaryl/α,β-unsaturated/α-hetero) is 1. The van der Waals surface area contributed by atoms with Crippen molar-refractivity contribution in [2.45, 2.75) is 27.1 Å². The molecule has 6 nitrogen and oxygen atoms in total. The van der Waals surface area contributed by atoms with Gasteiger partial charge in [0.05, 0.1) is 11.1 Å². The molecule has 0 atom stereocenters. The van der Waals surface area contributed by atoms with E-state index in [1.807, 2.05) is 80.6 Å². The highest BCUT2D eigenvalue weighted by molar-refractivity contribution is 6.45. The first-order valence-corrected chi connectivity index (χ1v) is 11.4. The Morgan fingerprint density at radius 2 is 1.41 bits per heavy atom. The molecule has 0 aliphatic carbocycles. The van der Waals surface area contributed by atoms with Crippen LogP contribution in [0.15, 0.2) is 79.0 Å². The van der Waals surface area contributed by atoms with E-state index in [9.17, 15) is 9.59 Å². The third-order valence-electron chi connectivity index (χ3n) is 5.70. The summed E-state index contributed by atoms with van der Waals surface area (Å²) in [5.74, 6) is 0.0412. The monoisotopic (exact) mass is 456 g/mol. The van der Waals surface area contributed by atoms with Crippen LogP contribution in [0.5, 0.6) is 11.5 Å². The molecule has 0 fully saturated rings. The summed E-state index contributed by atoms with van der Waals surface area (Å²) in [5.41, 5.74) is 3.00. The molecule has 3 aromatic carbocycles. The van der Waals surface area contributed by atoms with Gasteiger partial charge < -0.3 is 19.4 Å². The Balaban J connectivity index is 1.68. The number of nitrogens with zero attached hydrogens (tertiary/aromatic N) is 1. The zero-order valence-electron chi connectivity index (χ0n) is 19.4. The minimum absolute atomic E-state index is 0.307. The molecule has 1 heterocycles. The second-order valence-electron chi connectivity index (χ2n) is 7.90. The number of benzene rings is 3. The Morgan fingerprint density at radius 3 is 2.00 bits per heavy atom. The maximum absolute atomic E-state index is 13.1. The topological polar surface area (TPSA) is 71.6 Å². The standard InChI is InChI=1S/C28H28N2O4/c1-3-30(4-2)28(32)27(31)24-17-29-26-23(24)15-22(33-18-20-11-7-5-8-12-20)16-25(26)34-19-21-13-9-6-10-14-21/h5-17,29H,3-4,18-19H2,1-2H3. The normalized spacial score (nSPS) is 10.8. The molecule has 0 saturated heterocycles. The summed E-state index contributed by atoms with van der Waals surface area (Å²) in [6.07, 6.45) is 1.57. The van der Waals surface area contributed by atoms with Crippen LogP contribution in [0.1, 0.15) is 35.3 Å². The number of nitrogens with one attached hydrogen (secondary N) is 1. The number of aromatic amines is 1. The smallest absolute Gasteiger partial charge is 0.295 e. The van der Waals surface area contributed by atoms with Crippen LogP contribution in [-0.4, -0.2) is 34.7 Å². The highest BCUT2D eigenvalue weighted by Gasteiger charge is 2.25. The number of hydrogen-bond acceptors (Lipinski definition) is 4. The minimum atomic E-state index is -0.552. The third kappa shape index (κ3) is 5.12. The lowest BCUT2D eigenvalue weighted by molar-refractivity contribution is -0.126. The molecule has 4 aromatic rings. The summed E-state index contributed by atoms with van der Waals surface area (Å²) in [4.78, 5) is 30.5. The molecular weight excluding hydrogens is 428 g/mol. The number of carbonyl (C=O) groups excluding carboxylic acids is 2. The first kappa shape index (κ1) is 23.1. The largest absolute Gasteiger partial charge is 0.489 e. The number of fused-ring (bicyclic) bond motifs is 1. The fraction of sp³-hybridized carbons (Fsp3) is 0.214. The Bertz CT molecular complexity index is 1260. The molecule has 34 heavy (non-hydrogen) atoms. The van der Waals surface area contributed by atoms with Crippen LogP contribution >= 0.6 is 0 Å². The lowest BCUT2D eigenvalue weighted by Crippen LogP contribution is -2.36. The molecule has 0 saturated carbocycles. The first-order valence-electron chi connectivity index (χ1n) is 11.4. The van der Waals surface area contributed by atoms with Crippen molar-refractivity contribution in [1.82, 2.24) is 9.88 Å². The van der Waals surface area contributed by atoms with Crippen LogP contribution in [0.4, 0.5) is 0 Å². The van der Waals surface area contributed by atoms with Crippen LogP contribution in [0.2, 0.25) is 0 Å². The van der Waals surface area contributed by atoms with E-state index < -0.39 is 11.7 Å². The van der Waals surface area contributed by atoms with Crippen molar-refractivity contribution in [2.24, 2.45) is 0 Å². The van der Waals surface area contributed by atoms with E-state index in [1.54, 1.807) is 12.3 Å². The van der Waals surface area contributed by atoms with E-state index >= 15 is 0 Å². The van der Waals surface area contributed by atoms with Gasteiger partial charge in [-0.1, -0.05) is 60.7 Å². The zero-order valence-corrected chi connectivity index (χ0v) is 19.4. The number of rotatable bonds is 10. The highest BCUT2D eigenvalue weighted by atomic mass is 16.5. The van der Waals surface area contributed by atoms with Crippen LogP contribution in [0.25, 0.3) is 10.9 Å². The number of hydrogen-bond donors (Lipinski definition) is 1. The van der Waals surface area contributed by atoms with Crippen molar-refractivity contribution < 1.29 is 19.1 Å². The van der Waals surface area contributed by atoms with Crippen molar-refractivity contribution in [1.29, 1.82) is 0 Å². The second kappa shape index (κ2) is 10.7. The molecule has 0 bridgehead atoms. The van der Waals surface area contributed by atoms with Crippen molar-refractivity contribution in [3.05, 3.63) is 95.7 Å². The van der Waals surface area contributed by atoms with E-state index in [0.717, 1.165) is 11.1 Å². The number of ketones is 1.